The second-order valence-corrected chi connectivity index (χ2v) is 4.83. The van der Waals surface area contributed by atoms with Gasteiger partial charge in [-0.15, -0.1) is 0 Å². The first-order valence-electron chi connectivity index (χ1n) is 6.36. The van der Waals surface area contributed by atoms with Crippen molar-refractivity contribution < 1.29 is 4.74 Å². The van der Waals surface area contributed by atoms with E-state index in [1.165, 1.54) is 42.5 Å². The molecule has 16 heavy (non-hydrogen) atoms. The molecule has 1 atom stereocenters. The zero-order valence-corrected chi connectivity index (χ0v) is 9.67. The molecule has 0 aliphatic carbocycles. The van der Waals surface area contributed by atoms with E-state index in [1.54, 1.807) is 0 Å². The van der Waals surface area contributed by atoms with Crippen LogP contribution < -0.4 is 5.32 Å². The standard InChI is InChI=1S/C14H19NO/c1-2-7-15-14(3-1)12-4-5-13-10-16-8-6-11(13)9-12/h4-5,9,14-15H,1-3,6-8,10H2. The highest BCUT2D eigenvalue weighted by Crippen LogP contribution is 2.26. The van der Waals surface area contributed by atoms with Gasteiger partial charge in [0.1, 0.15) is 0 Å². The number of rotatable bonds is 1. The summed E-state index contributed by atoms with van der Waals surface area (Å²) in [6.07, 6.45) is 5.05. The highest BCUT2D eigenvalue weighted by Gasteiger charge is 2.17. The molecule has 0 spiro atoms. The number of ether oxygens (including phenoxy) is 1. The zero-order chi connectivity index (χ0) is 10.8. The summed E-state index contributed by atoms with van der Waals surface area (Å²) in [6, 6.07) is 7.50. The van der Waals surface area contributed by atoms with E-state index < -0.39 is 0 Å². The second kappa shape index (κ2) is 4.56. The summed E-state index contributed by atoms with van der Waals surface area (Å²) >= 11 is 0. The Bertz CT molecular complexity index is 369. The molecule has 1 N–H and O–H groups in total. The van der Waals surface area contributed by atoms with Gasteiger partial charge in [-0.05, 0) is 42.5 Å². The van der Waals surface area contributed by atoms with Gasteiger partial charge in [-0.25, -0.2) is 0 Å². The molecule has 1 aromatic carbocycles. The van der Waals surface area contributed by atoms with E-state index in [0.29, 0.717) is 6.04 Å². The fourth-order valence-electron chi connectivity index (χ4n) is 2.74. The molecule has 2 aliphatic heterocycles. The molecule has 0 saturated carbocycles. The SMILES string of the molecule is c1cc2c(cc1C1CCCCN1)CCOC2. The van der Waals surface area contributed by atoms with Crippen LogP contribution in [0.3, 0.4) is 0 Å². The van der Waals surface area contributed by atoms with E-state index in [1.807, 2.05) is 0 Å². The molecule has 2 aliphatic rings. The van der Waals surface area contributed by atoms with E-state index in [0.717, 1.165) is 19.6 Å². The molecular formula is C14H19NO. The van der Waals surface area contributed by atoms with Crippen LogP contribution >= 0.6 is 0 Å². The van der Waals surface area contributed by atoms with Gasteiger partial charge in [0.05, 0.1) is 13.2 Å². The lowest BCUT2D eigenvalue weighted by Crippen LogP contribution is -2.27. The first-order valence-corrected chi connectivity index (χ1v) is 6.36. The zero-order valence-electron chi connectivity index (χ0n) is 9.67. The van der Waals surface area contributed by atoms with Crippen molar-refractivity contribution in [3.05, 3.63) is 34.9 Å². The third-order valence-electron chi connectivity index (χ3n) is 3.72. The van der Waals surface area contributed by atoms with E-state index in [-0.39, 0.29) is 0 Å². The Morgan fingerprint density at radius 3 is 3.06 bits per heavy atom. The first kappa shape index (κ1) is 10.3. The summed E-state index contributed by atoms with van der Waals surface area (Å²) in [5.74, 6) is 0. The molecule has 3 rings (SSSR count). The fourth-order valence-corrected chi connectivity index (χ4v) is 2.74. The lowest BCUT2D eigenvalue weighted by molar-refractivity contribution is 0.110. The van der Waals surface area contributed by atoms with Crippen LogP contribution in [-0.4, -0.2) is 13.2 Å². The molecule has 1 unspecified atom stereocenters. The first-order chi connectivity index (χ1) is 7.93. The number of hydrogen-bond acceptors (Lipinski definition) is 2. The number of piperidine rings is 1. The molecule has 1 aromatic rings. The van der Waals surface area contributed by atoms with Crippen molar-refractivity contribution in [3.63, 3.8) is 0 Å². The van der Waals surface area contributed by atoms with Crippen molar-refractivity contribution in [2.24, 2.45) is 0 Å². The molecule has 2 nitrogen and oxygen atoms in total. The van der Waals surface area contributed by atoms with Crippen molar-refractivity contribution in [1.29, 1.82) is 0 Å². The quantitative estimate of drug-likeness (QED) is 0.780. The largest absolute Gasteiger partial charge is 0.376 e. The van der Waals surface area contributed by atoms with Crippen LogP contribution in [0.2, 0.25) is 0 Å². The highest BCUT2D eigenvalue weighted by molar-refractivity contribution is 5.34. The minimum absolute atomic E-state index is 0.585. The van der Waals surface area contributed by atoms with Crippen molar-refractivity contribution in [2.75, 3.05) is 13.2 Å². The van der Waals surface area contributed by atoms with Gasteiger partial charge in [-0.3, -0.25) is 0 Å². The Kier molecular flexibility index (Phi) is 2.94. The molecule has 1 saturated heterocycles. The summed E-state index contributed by atoms with van der Waals surface area (Å²) in [4.78, 5) is 0. The molecular weight excluding hydrogens is 198 g/mol. The van der Waals surface area contributed by atoms with Crippen LogP contribution in [0.4, 0.5) is 0 Å². The van der Waals surface area contributed by atoms with Gasteiger partial charge in [-0.2, -0.15) is 0 Å². The van der Waals surface area contributed by atoms with Crippen molar-refractivity contribution in [3.8, 4) is 0 Å². The Hall–Kier alpha value is -0.860. The molecule has 0 bridgehead atoms. The van der Waals surface area contributed by atoms with Gasteiger partial charge in [0.25, 0.3) is 0 Å². The van der Waals surface area contributed by atoms with E-state index in [4.69, 9.17) is 4.74 Å². The second-order valence-electron chi connectivity index (χ2n) is 4.83. The third-order valence-corrected chi connectivity index (χ3v) is 3.72. The molecule has 0 amide bonds. The minimum atomic E-state index is 0.585. The van der Waals surface area contributed by atoms with Crippen molar-refractivity contribution >= 4 is 0 Å². The third kappa shape index (κ3) is 2.00. The maximum atomic E-state index is 5.47. The number of nitrogens with one attached hydrogen (secondary N) is 1. The van der Waals surface area contributed by atoms with Crippen LogP contribution in [-0.2, 0) is 17.8 Å². The van der Waals surface area contributed by atoms with Crippen LogP contribution in [0, 0.1) is 0 Å². The van der Waals surface area contributed by atoms with Gasteiger partial charge in [-0.1, -0.05) is 24.6 Å². The van der Waals surface area contributed by atoms with Crippen LogP contribution in [0.5, 0.6) is 0 Å². The Labute approximate surface area is 97.0 Å². The number of hydrogen-bond donors (Lipinski definition) is 1. The van der Waals surface area contributed by atoms with E-state index >= 15 is 0 Å². The van der Waals surface area contributed by atoms with E-state index in [9.17, 15) is 0 Å². The maximum absolute atomic E-state index is 5.47. The fraction of sp³-hybridized carbons (Fsp3) is 0.571. The lowest BCUT2D eigenvalue weighted by Gasteiger charge is -2.25. The summed E-state index contributed by atoms with van der Waals surface area (Å²) in [5, 5.41) is 3.61. The molecule has 0 aromatic heterocycles. The number of benzene rings is 1. The molecule has 1 fully saturated rings. The van der Waals surface area contributed by atoms with Crippen LogP contribution in [0.25, 0.3) is 0 Å². The van der Waals surface area contributed by atoms with Gasteiger partial charge < -0.3 is 10.1 Å². The molecule has 0 radical (unpaired) electrons. The van der Waals surface area contributed by atoms with Crippen LogP contribution in [0.1, 0.15) is 42.0 Å². The Morgan fingerprint density at radius 1 is 1.19 bits per heavy atom. The normalized spacial score (nSPS) is 25.1. The Balaban J connectivity index is 1.84. The summed E-state index contributed by atoms with van der Waals surface area (Å²) < 4.78 is 5.47. The molecule has 2 heteroatoms. The lowest BCUT2D eigenvalue weighted by atomic mass is 9.93. The van der Waals surface area contributed by atoms with Crippen molar-refractivity contribution in [1.82, 2.24) is 5.32 Å². The van der Waals surface area contributed by atoms with Gasteiger partial charge in [0.2, 0.25) is 0 Å². The Morgan fingerprint density at radius 2 is 2.19 bits per heavy atom. The monoisotopic (exact) mass is 217 g/mol. The molecule has 86 valence electrons. The predicted molar refractivity (Wildman–Crippen MR) is 64.4 cm³/mol. The van der Waals surface area contributed by atoms with Crippen molar-refractivity contribution in [2.45, 2.75) is 38.3 Å². The minimum Gasteiger partial charge on any atom is -0.376 e. The van der Waals surface area contributed by atoms with Gasteiger partial charge in [0.15, 0.2) is 0 Å². The summed E-state index contributed by atoms with van der Waals surface area (Å²) in [5.41, 5.74) is 4.35. The average Bonchev–Trinajstić information content (AvgIpc) is 2.39. The van der Waals surface area contributed by atoms with Crippen LogP contribution in [0.15, 0.2) is 18.2 Å². The smallest absolute Gasteiger partial charge is 0.0719 e. The summed E-state index contributed by atoms with van der Waals surface area (Å²) in [6.45, 7) is 2.85. The average molecular weight is 217 g/mol. The number of fused-ring (bicyclic) bond motifs is 1. The van der Waals surface area contributed by atoms with Gasteiger partial charge >= 0.3 is 0 Å². The van der Waals surface area contributed by atoms with Gasteiger partial charge in [0, 0.05) is 6.04 Å². The maximum Gasteiger partial charge on any atom is 0.0719 e. The van der Waals surface area contributed by atoms with E-state index in [2.05, 4.69) is 23.5 Å². The highest BCUT2D eigenvalue weighted by atomic mass is 16.5. The summed E-state index contributed by atoms with van der Waals surface area (Å²) in [7, 11) is 0. The molecule has 2 heterocycles. The predicted octanol–water partition coefficient (Wildman–Crippen LogP) is 2.57. The topological polar surface area (TPSA) is 21.3 Å².